The van der Waals surface area contributed by atoms with E-state index in [-0.39, 0.29) is 12.3 Å². The van der Waals surface area contributed by atoms with Crippen molar-refractivity contribution < 1.29 is 4.74 Å². The maximum Gasteiger partial charge on any atom is 0.141 e. The third-order valence-electron chi connectivity index (χ3n) is 1.47. The van der Waals surface area contributed by atoms with E-state index in [1.54, 1.807) is 6.07 Å². The summed E-state index contributed by atoms with van der Waals surface area (Å²) in [5.41, 5.74) is 6.17. The summed E-state index contributed by atoms with van der Waals surface area (Å²) in [5.74, 6) is 0. The highest BCUT2D eigenvalue weighted by atomic mass is 35.5. The Hall–Kier alpha value is -0.710. The van der Waals surface area contributed by atoms with E-state index in [1.165, 1.54) is 6.33 Å². The van der Waals surface area contributed by atoms with Gasteiger partial charge in [-0.1, -0.05) is 11.6 Å². The van der Waals surface area contributed by atoms with E-state index in [2.05, 4.69) is 9.97 Å². The standard InChI is InChI=1S/C6H6ClN3O/c7-4-1-3(9-2-10-4)5-6(8)11-5/h1-2,5-6H,8H2. The van der Waals surface area contributed by atoms with Crippen LogP contribution in [-0.2, 0) is 4.74 Å². The number of nitrogens with zero attached hydrogens (tertiary/aromatic N) is 2. The lowest BCUT2D eigenvalue weighted by molar-refractivity contribution is 0.374. The zero-order valence-corrected chi connectivity index (χ0v) is 6.32. The van der Waals surface area contributed by atoms with Gasteiger partial charge in [0.25, 0.3) is 0 Å². The molecule has 2 unspecified atom stereocenters. The quantitative estimate of drug-likeness (QED) is 0.493. The van der Waals surface area contributed by atoms with Gasteiger partial charge in [-0.15, -0.1) is 0 Å². The molecular formula is C6H6ClN3O. The normalized spacial score (nSPS) is 28.5. The molecule has 2 rings (SSSR count). The molecule has 0 amide bonds. The molecule has 0 saturated carbocycles. The third-order valence-corrected chi connectivity index (χ3v) is 1.68. The fraction of sp³-hybridized carbons (Fsp3) is 0.333. The summed E-state index contributed by atoms with van der Waals surface area (Å²) in [5, 5.41) is 0.415. The number of nitrogens with two attached hydrogens (primary N) is 1. The van der Waals surface area contributed by atoms with Crippen molar-refractivity contribution in [1.82, 2.24) is 9.97 Å². The van der Waals surface area contributed by atoms with Gasteiger partial charge in [-0.2, -0.15) is 0 Å². The Morgan fingerprint density at radius 1 is 1.55 bits per heavy atom. The molecule has 1 aromatic rings. The lowest BCUT2D eigenvalue weighted by Crippen LogP contribution is -2.02. The molecule has 5 heteroatoms. The molecular weight excluding hydrogens is 166 g/mol. The molecule has 1 saturated heterocycles. The zero-order valence-electron chi connectivity index (χ0n) is 5.57. The third kappa shape index (κ3) is 1.33. The molecule has 0 radical (unpaired) electrons. The minimum atomic E-state index is -0.221. The van der Waals surface area contributed by atoms with Crippen LogP contribution in [-0.4, -0.2) is 16.2 Å². The Balaban J connectivity index is 2.25. The Labute approximate surface area is 68.4 Å². The van der Waals surface area contributed by atoms with Gasteiger partial charge in [0, 0.05) is 0 Å². The molecule has 1 aromatic heterocycles. The minimum absolute atomic E-state index is 0.0875. The van der Waals surface area contributed by atoms with Crippen LogP contribution in [0.1, 0.15) is 11.8 Å². The molecule has 2 N–H and O–H groups in total. The van der Waals surface area contributed by atoms with E-state index in [0.29, 0.717) is 5.15 Å². The van der Waals surface area contributed by atoms with E-state index in [9.17, 15) is 0 Å². The van der Waals surface area contributed by atoms with Gasteiger partial charge in [0.2, 0.25) is 0 Å². The molecule has 0 aromatic carbocycles. The van der Waals surface area contributed by atoms with Crippen molar-refractivity contribution in [3.8, 4) is 0 Å². The first kappa shape index (κ1) is 6.97. The van der Waals surface area contributed by atoms with Gasteiger partial charge in [0.1, 0.15) is 23.8 Å². The van der Waals surface area contributed by atoms with Gasteiger partial charge in [0.15, 0.2) is 0 Å². The summed E-state index contributed by atoms with van der Waals surface area (Å²) in [7, 11) is 0. The lowest BCUT2D eigenvalue weighted by Gasteiger charge is -1.92. The molecule has 0 spiro atoms. The van der Waals surface area contributed by atoms with Crippen molar-refractivity contribution in [1.29, 1.82) is 0 Å². The molecule has 1 aliphatic heterocycles. The fourth-order valence-corrected chi connectivity index (χ4v) is 1.02. The topological polar surface area (TPSA) is 64.3 Å². The van der Waals surface area contributed by atoms with Gasteiger partial charge >= 0.3 is 0 Å². The molecule has 1 fully saturated rings. The Kier molecular flexibility index (Phi) is 1.52. The van der Waals surface area contributed by atoms with E-state index in [1.807, 2.05) is 0 Å². The van der Waals surface area contributed by atoms with Crippen LogP contribution in [0.15, 0.2) is 12.4 Å². The van der Waals surface area contributed by atoms with E-state index in [0.717, 1.165) is 5.69 Å². The van der Waals surface area contributed by atoms with Gasteiger partial charge in [-0.05, 0) is 6.07 Å². The maximum atomic E-state index is 5.62. The molecule has 2 heterocycles. The van der Waals surface area contributed by atoms with Crippen LogP contribution in [0.4, 0.5) is 0 Å². The highest BCUT2D eigenvalue weighted by Crippen LogP contribution is 2.33. The summed E-state index contributed by atoms with van der Waals surface area (Å²) >= 11 is 5.62. The van der Waals surface area contributed by atoms with Crippen molar-refractivity contribution in [2.24, 2.45) is 5.73 Å². The van der Waals surface area contributed by atoms with Gasteiger partial charge in [-0.25, -0.2) is 9.97 Å². The van der Waals surface area contributed by atoms with Crippen LogP contribution in [0, 0.1) is 0 Å². The summed E-state index contributed by atoms with van der Waals surface area (Å²) in [6.07, 6.45) is 1.09. The smallest absolute Gasteiger partial charge is 0.141 e. The highest BCUT2D eigenvalue weighted by molar-refractivity contribution is 6.29. The number of rotatable bonds is 1. The van der Waals surface area contributed by atoms with Crippen LogP contribution in [0.2, 0.25) is 5.15 Å². The Bertz CT molecular complexity index is 280. The van der Waals surface area contributed by atoms with E-state index < -0.39 is 0 Å². The second-order valence-corrected chi connectivity index (χ2v) is 2.67. The first-order valence-electron chi connectivity index (χ1n) is 3.16. The first-order valence-corrected chi connectivity index (χ1v) is 3.53. The summed E-state index contributed by atoms with van der Waals surface area (Å²) in [6, 6.07) is 1.65. The predicted octanol–water partition coefficient (Wildman–Crippen LogP) is 0.486. The van der Waals surface area contributed by atoms with Crippen LogP contribution < -0.4 is 5.73 Å². The highest BCUT2D eigenvalue weighted by Gasteiger charge is 2.38. The lowest BCUT2D eigenvalue weighted by atomic mass is 10.3. The molecule has 2 atom stereocenters. The second kappa shape index (κ2) is 2.41. The van der Waals surface area contributed by atoms with Crippen molar-refractivity contribution in [3.05, 3.63) is 23.2 Å². The molecule has 11 heavy (non-hydrogen) atoms. The number of halogens is 1. The summed E-state index contributed by atoms with van der Waals surface area (Å²) < 4.78 is 4.99. The predicted molar refractivity (Wildman–Crippen MR) is 38.8 cm³/mol. The van der Waals surface area contributed by atoms with Crippen molar-refractivity contribution in [2.75, 3.05) is 0 Å². The van der Waals surface area contributed by atoms with Crippen molar-refractivity contribution >= 4 is 11.6 Å². The zero-order chi connectivity index (χ0) is 7.84. The van der Waals surface area contributed by atoms with Gasteiger partial charge in [0.05, 0.1) is 5.69 Å². The first-order chi connectivity index (χ1) is 5.27. The van der Waals surface area contributed by atoms with E-state index >= 15 is 0 Å². The Morgan fingerprint density at radius 3 is 2.82 bits per heavy atom. The molecule has 1 aliphatic rings. The number of epoxide rings is 1. The average Bonchev–Trinajstić information content (AvgIpc) is 2.67. The SMILES string of the molecule is NC1OC1c1cc(Cl)ncn1. The molecule has 0 bridgehead atoms. The molecule has 0 aliphatic carbocycles. The molecule has 4 nitrogen and oxygen atoms in total. The largest absolute Gasteiger partial charge is 0.347 e. The summed E-state index contributed by atoms with van der Waals surface area (Å²) in [4.78, 5) is 7.68. The maximum absolute atomic E-state index is 5.62. The fourth-order valence-electron chi connectivity index (χ4n) is 0.865. The second-order valence-electron chi connectivity index (χ2n) is 2.29. The molecule has 58 valence electrons. The summed E-state index contributed by atoms with van der Waals surface area (Å²) in [6.45, 7) is 0. The van der Waals surface area contributed by atoms with Gasteiger partial charge in [-0.3, -0.25) is 0 Å². The van der Waals surface area contributed by atoms with Gasteiger partial charge < -0.3 is 10.5 Å². The number of hydrogen-bond donors (Lipinski definition) is 1. The average molecular weight is 172 g/mol. The van der Waals surface area contributed by atoms with Crippen LogP contribution in [0.5, 0.6) is 0 Å². The van der Waals surface area contributed by atoms with E-state index in [4.69, 9.17) is 22.1 Å². The van der Waals surface area contributed by atoms with Crippen molar-refractivity contribution in [3.63, 3.8) is 0 Å². The number of hydrogen-bond acceptors (Lipinski definition) is 4. The number of aromatic nitrogens is 2. The number of ether oxygens (including phenoxy) is 1. The monoisotopic (exact) mass is 171 g/mol. The van der Waals surface area contributed by atoms with Crippen LogP contribution in [0.25, 0.3) is 0 Å². The van der Waals surface area contributed by atoms with Crippen molar-refractivity contribution in [2.45, 2.75) is 12.3 Å². The van der Waals surface area contributed by atoms with Crippen LogP contribution in [0.3, 0.4) is 0 Å². The van der Waals surface area contributed by atoms with Crippen LogP contribution >= 0.6 is 11.6 Å². The minimum Gasteiger partial charge on any atom is -0.347 e. The Morgan fingerprint density at radius 2 is 2.27 bits per heavy atom.